The molecule has 2 aromatic rings. The fraction of sp³-hybridized carbons (Fsp3) is 0.333. The molecule has 19 heavy (non-hydrogen) atoms. The first-order valence-electron chi connectivity index (χ1n) is 6.74. The summed E-state index contributed by atoms with van der Waals surface area (Å²) >= 11 is 0. The number of nitrogens with zero attached hydrogens (tertiary/aromatic N) is 2. The summed E-state index contributed by atoms with van der Waals surface area (Å²) in [5, 5.41) is 6.99. The third-order valence-electron chi connectivity index (χ3n) is 3.58. The predicted octanol–water partition coefficient (Wildman–Crippen LogP) is 2.70. The molecule has 1 aliphatic heterocycles. The summed E-state index contributed by atoms with van der Waals surface area (Å²) in [6.07, 6.45) is 5.06. The Balaban J connectivity index is 1.89. The molecule has 0 unspecified atom stereocenters. The Kier molecular flexibility index (Phi) is 3.31. The van der Waals surface area contributed by atoms with Crippen molar-refractivity contribution in [2.75, 3.05) is 13.1 Å². The summed E-state index contributed by atoms with van der Waals surface area (Å²) in [5.74, 6) is 0.0901. The standard InChI is InChI=1S/C15H17N3O/c19-15(18-9-5-2-6-10-18)13-11-16-17-14(13)12-7-3-1-4-8-12/h1,3-4,7-8,11H,2,5-6,9-10H2,(H,16,17). The van der Waals surface area contributed by atoms with Crippen LogP contribution in [0.3, 0.4) is 0 Å². The van der Waals surface area contributed by atoms with Gasteiger partial charge < -0.3 is 4.90 Å². The van der Waals surface area contributed by atoms with Crippen molar-refractivity contribution in [3.8, 4) is 11.3 Å². The lowest BCUT2D eigenvalue weighted by Crippen LogP contribution is -2.35. The van der Waals surface area contributed by atoms with E-state index < -0.39 is 0 Å². The molecule has 1 saturated heterocycles. The van der Waals surface area contributed by atoms with E-state index in [-0.39, 0.29) is 5.91 Å². The summed E-state index contributed by atoms with van der Waals surface area (Å²) in [6.45, 7) is 1.72. The number of aromatic nitrogens is 2. The number of benzene rings is 1. The van der Waals surface area contributed by atoms with E-state index in [1.807, 2.05) is 35.2 Å². The summed E-state index contributed by atoms with van der Waals surface area (Å²) in [5.41, 5.74) is 2.49. The van der Waals surface area contributed by atoms with Gasteiger partial charge in [0.05, 0.1) is 17.5 Å². The van der Waals surface area contributed by atoms with Crippen LogP contribution in [-0.2, 0) is 0 Å². The Morgan fingerprint density at radius 3 is 2.58 bits per heavy atom. The van der Waals surface area contributed by atoms with Crippen molar-refractivity contribution >= 4 is 5.91 Å². The monoisotopic (exact) mass is 255 g/mol. The van der Waals surface area contributed by atoms with Crippen LogP contribution < -0.4 is 0 Å². The molecule has 3 rings (SSSR count). The molecule has 1 fully saturated rings. The van der Waals surface area contributed by atoms with E-state index in [0.717, 1.165) is 37.2 Å². The number of likely N-dealkylation sites (tertiary alicyclic amines) is 1. The maximum Gasteiger partial charge on any atom is 0.257 e. The Morgan fingerprint density at radius 1 is 1.11 bits per heavy atom. The molecule has 0 saturated carbocycles. The van der Waals surface area contributed by atoms with Crippen LogP contribution in [0.25, 0.3) is 11.3 Å². The van der Waals surface area contributed by atoms with Gasteiger partial charge in [0.1, 0.15) is 0 Å². The van der Waals surface area contributed by atoms with Crippen LogP contribution in [0, 0.1) is 0 Å². The summed E-state index contributed by atoms with van der Waals surface area (Å²) in [4.78, 5) is 14.5. The zero-order chi connectivity index (χ0) is 13.1. The molecular formula is C15H17N3O. The zero-order valence-corrected chi connectivity index (χ0v) is 10.8. The summed E-state index contributed by atoms with van der Waals surface area (Å²) < 4.78 is 0. The van der Waals surface area contributed by atoms with Crippen LogP contribution in [0.1, 0.15) is 29.6 Å². The highest BCUT2D eigenvalue weighted by Gasteiger charge is 2.22. The molecular weight excluding hydrogens is 238 g/mol. The SMILES string of the molecule is O=C(c1cn[nH]c1-c1ccccc1)N1CCCCC1. The van der Waals surface area contributed by atoms with Gasteiger partial charge in [-0.1, -0.05) is 30.3 Å². The quantitative estimate of drug-likeness (QED) is 0.897. The van der Waals surface area contributed by atoms with Gasteiger partial charge in [-0.3, -0.25) is 9.89 Å². The lowest BCUT2D eigenvalue weighted by molar-refractivity contribution is 0.0725. The Bertz CT molecular complexity index is 556. The average Bonchev–Trinajstić information content (AvgIpc) is 2.98. The lowest BCUT2D eigenvalue weighted by Gasteiger charge is -2.26. The number of rotatable bonds is 2. The number of amides is 1. The van der Waals surface area contributed by atoms with Gasteiger partial charge in [-0.25, -0.2) is 0 Å². The molecule has 1 aromatic carbocycles. The van der Waals surface area contributed by atoms with Gasteiger partial charge in [0.2, 0.25) is 0 Å². The molecule has 0 atom stereocenters. The van der Waals surface area contributed by atoms with Crippen LogP contribution in [-0.4, -0.2) is 34.1 Å². The number of nitrogens with one attached hydrogen (secondary N) is 1. The van der Waals surface area contributed by atoms with E-state index in [4.69, 9.17) is 0 Å². The van der Waals surface area contributed by atoms with E-state index in [1.165, 1.54) is 6.42 Å². The molecule has 98 valence electrons. The third kappa shape index (κ3) is 2.38. The number of hydrogen-bond donors (Lipinski definition) is 1. The van der Waals surface area contributed by atoms with Gasteiger partial charge in [0.25, 0.3) is 5.91 Å². The number of carbonyl (C=O) groups is 1. The van der Waals surface area contributed by atoms with E-state index in [9.17, 15) is 4.79 Å². The van der Waals surface area contributed by atoms with Crippen LogP contribution in [0.5, 0.6) is 0 Å². The van der Waals surface area contributed by atoms with Gasteiger partial charge in [-0.15, -0.1) is 0 Å². The maximum atomic E-state index is 12.5. The first-order chi connectivity index (χ1) is 9.36. The fourth-order valence-electron chi connectivity index (χ4n) is 2.54. The van der Waals surface area contributed by atoms with Crippen molar-refractivity contribution in [3.05, 3.63) is 42.1 Å². The number of carbonyl (C=O) groups excluding carboxylic acids is 1. The Hall–Kier alpha value is -2.10. The van der Waals surface area contributed by atoms with Crippen molar-refractivity contribution in [3.63, 3.8) is 0 Å². The predicted molar refractivity (Wildman–Crippen MR) is 73.8 cm³/mol. The smallest absolute Gasteiger partial charge is 0.257 e. The van der Waals surface area contributed by atoms with Crippen molar-refractivity contribution in [1.82, 2.24) is 15.1 Å². The highest BCUT2D eigenvalue weighted by molar-refractivity contribution is 5.99. The van der Waals surface area contributed by atoms with Gasteiger partial charge >= 0.3 is 0 Å². The molecule has 0 bridgehead atoms. The number of aromatic amines is 1. The van der Waals surface area contributed by atoms with Crippen LogP contribution in [0.4, 0.5) is 0 Å². The zero-order valence-electron chi connectivity index (χ0n) is 10.8. The largest absolute Gasteiger partial charge is 0.339 e. The van der Waals surface area contributed by atoms with Gasteiger partial charge in [-0.2, -0.15) is 5.10 Å². The molecule has 1 N–H and O–H groups in total. The van der Waals surface area contributed by atoms with Crippen LogP contribution >= 0.6 is 0 Å². The number of H-pyrrole nitrogens is 1. The van der Waals surface area contributed by atoms with Crippen molar-refractivity contribution in [1.29, 1.82) is 0 Å². The molecule has 4 nitrogen and oxygen atoms in total. The molecule has 1 amide bonds. The second-order valence-corrected chi connectivity index (χ2v) is 4.88. The van der Waals surface area contributed by atoms with Crippen molar-refractivity contribution < 1.29 is 4.79 Å². The third-order valence-corrected chi connectivity index (χ3v) is 3.58. The Morgan fingerprint density at radius 2 is 1.84 bits per heavy atom. The van der Waals surface area contributed by atoms with E-state index in [1.54, 1.807) is 6.20 Å². The summed E-state index contributed by atoms with van der Waals surface area (Å²) in [6, 6.07) is 9.86. The number of hydrogen-bond acceptors (Lipinski definition) is 2. The minimum absolute atomic E-state index is 0.0901. The molecule has 0 aliphatic carbocycles. The van der Waals surface area contributed by atoms with E-state index >= 15 is 0 Å². The molecule has 0 spiro atoms. The van der Waals surface area contributed by atoms with Gasteiger partial charge in [-0.05, 0) is 19.3 Å². The number of piperidine rings is 1. The normalized spacial score (nSPS) is 15.5. The van der Waals surface area contributed by atoms with Crippen molar-refractivity contribution in [2.24, 2.45) is 0 Å². The average molecular weight is 255 g/mol. The Labute approximate surface area is 112 Å². The second kappa shape index (κ2) is 5.26. The van der Waals surface area contributed by atoms with Crippen molar-refractivity contribution in [2.45, 2.75) is 19.3 Å². The fourth-order valence-corrected chi connectivity index (χ4v) is 2.54. The minimum atomic E-state index is 0.0901. The maximum absolute atomic E-state index is 12.5. The lowest BCUT2D eigenvalue weighted by atomic mass is 10.1. The van der Waals surface area contributed by atoms with E-state index in [2.05, 4.69) is 10.2 Å². The molecule has 0 radical (unpaired) electrons. The molecule has 2 heterocycles. The van der Waals surface area contributed by atoms with Gasteiger partial charge in [0, 0.05) is 18.7 Å². The topological polar surface area (TPSA) is 49.0 Å². The molecule has 1 aliphatic rings. The second-order valence-electron chi connectivity index (χ2n) is 4.88. The first-order valence-corrected chi connectivity index (χ1v) is 6.74. The molecule has 1 aromatic heterocycles. The van der Waals surface area contributed by atoms with Crippen LogP contribution in [0.15, 0.2) is 36.5 Å². The molecule has 4 heteroatoms. The van der Waals surface area contributed by atoms with Gasteiger partial charge in [0.15, 0.2) is 0 Å². The summed E-state index contributed by atoms with van der Waals surface area (Å²) in [7, 11) is 0. The van der Waals surface area contributed by atoms with Crippen LogP contribution in [0.2, 0.25) is 0 Å². The minimum Gasteiger partial charge on any atom is -0.339 e. The highest BCUT2D eigenvalue weighted by Crippen LogP contribution is 2.23. The first kappa shape index (κ1) is 12.0. The van der Waals surface area contributed by atoms with E-state index in [0.29, 0.717) is 5.56 Å². The highest BCUT2D eigenvalue weighted by atomic mass is 16.2.